The number of hydrogen-bond acceptors (Lipinski definition) is 6. The molecule has 21 heavy (non-hydrogen) atoms. The number of hydrogen-bond donors (Lipinski definition) is 2. The second kappa shape index (κ2) is 6.15. The highest BCUT2D eigenvalue weighted by molar-refractivity contribution is 8.26. The molecule has 2 rings (SSSR count). The van der Waals surface area contributed by atoms with Crippen molar-refractivity contribution in [3.05, 3.63) is 28.7 Å². The van der Waals surface area contributed by atoms with Crippen LogP contribution in [-0.2, 0) is 9.59 Å². The van der Waals surface area contributed by atoms with E-state index in [1.165, 1.54) is 13.2 Å². The SMILES string of the molecule is COc1cccc(/C=C2\SC(=S)N(CC(=O)O)C2=O)c1O. The van der Waals surface area contributed by atoms with E-state index in [-0.39, 0.29) is 20.7 Å². The van der Waals surface area contributed by atoms with Crippen LogP contribution in [0, 0.1) is 0 Å². The van der Waals surface area contributed by atoms with Gasteiger partial charge in [0, 0.05) is 5.56 Å². The number of carboxylic acids is 1. The smallest absolute Gasteiger partial charge is 0.323 e. The average Bonchev–Trinajstić information content (AvgIpc) is 2.68. The standard InChI is InChI=1S/C13H11NO5S2/c1-19-8-4-2-3-7(11(8)17)5-9-12(18)14(6-10(15)16)13(20)21-9/h2-5,17H,6H2,1H3,(H,15,16)/b9-5-. The van der Waals surface area contributed by atoms with Crippen LogP contribution in [0.25, 0.3) is 6.08 Å². The maximum absolute atomic E-state index is 12.1. The van der Waals surface area contributed by atoms with Crippen molar-refractivity contribution in [1.82, 2.24) is 4.90 Å². The fraction of sp³-hybridized carbons (Fsp3) is 0.154. The van der Waals surface area contributed by atoms with Crippen LogP contribution in [0.1, 0.15) is 5.56 Å². The number of thioether (sulfide) groups is 1. The summed E-state index contributed by atoms with van der Waals surface area (Å²) in [5.74, 6) is -1.44. The third-order valence-electron chi connectivity index (χ3n) is 2.70. The zero-order chi connectivity index (χ0) is 15.6. The number of thiocarbonyl (C=S) groups is 1. The first kappa shape index (κ1) is 15.3. The monoisotopic (exact) mass is 325 g/mol. The Labute approximate surface area is 130 Å². The molecule has 1 saturated heterocycles. The molecule has 1 fully saturated rings. The van der Waals surface area contributed by atoms with E-state index in [0.29, 0.717) is 5.56 Å². The number of nitrogens with zero attached hydrogens (tertiary/aromatic N) is 1. The predicted octanol–water partition coefficient (Wildman–Crippen LogP) is 1.69. The number of carbonyl (C=O) groups excluding carboxylic acids is 1. The molecule has 0 atom stereocenters. The van der Waals surface area contributed by atoms with Gasteiger partial charge in [-0.3, -0.25) is 14.5 Å². The maximum Gasteiger partial charge on any atom is 0.323 e. The number of carbonyl (C=O) groups is 2. The second-order valence-electron chi connectivity index (χ2n) is 4.06. The van der Waals surface area contributed by atoms with Gasteiger partial charge in [0.05, 0.1) is 12.0 Å². The van der Waals surface area contributed by atoms with Crippen LogP contribution in [0.2, 0.25) is 0 Å². The summed E-state index contributed by atoms with van der Waals surface area (Å²) in [6.07, 6.45) is 1.46. The molecular weight excluding hydrogens is 314 g/mol. The van der Waals surface area contributed by atoms with Gasteiger partial charge < -0.3 is 14.9 Å². The van der Waals surface area contributed by atoms with Crippen LogP contribution < -0.4 is 4.74 Å². The van der Waals surface area contributed by atoms with E-state index in [0.717, 1.165) is 16.7 Å². The van der Waals surface area contributed by atoms with Crippen LogP contribution in [0.3, 0.4) is 0 Å². The van der Waals surface area contributed by atoms with Crippen LogP contribution in [-0.4, -0.2) is 45.0 Å². The summed E-state index contributed by atoms with van der Waals surface area (Å²) >= 11 is 5.98. The molecule has 110 valence electrons. The summed E-state index contributed by atoms with van der Waals surface area (Å²) in [6.45, 7) is -0.480. The molecule has 1 aromatic rings. The van der Waals surface area contributed by atoms with Crippen molar-refractivity contribution in [2.24, 2.45) is 0 Å². The lowest BCUT2D eigenvalue weighted by Crippen LogP contribution is -2.33. The van der Waals surface area contributed by atoms with Crippen molar-refractivity contribution >= 4 is 46.3 Å². The molecular formula is C13H11NO5S2. The van der Waals surface area contributed by atoms with Crippen LogP contribution in [0.15, 0.2) is 23.1 Å². The molecule has 2 N–H and O–H groups in total. The molecule has 1 heterocycles. The first-order chi connectivity index (χ1) is 9.93. The Morgan fingerprint density at radius 2 is 2.24 bits per heavy atom. The Balaban J connectivity index is 2.33. The first-order valence-corrected chi connectivity index (χ1v) is 6.99. The molecule has 0 radical (unpaired) electrons. The lowest BCUT2D eigenvalue weighted by atomic mass is 10.1. The van der Waals surface area contributed by atoms with Gasteiger partial charge in [0.15, 0.2) is 11.5 Å². The van der Waals surface area contributed by atoms with Gasteiger partial charge in [-0.05, 0) is 12.1 Å². The summed E-state index contributed by atoms with van der Waals surface area (Å²) < 4.78 is 5.16. The predicted molar refractivity (Wildman–Crippen MR) is 82.2 cm³/mol. The maximum atomic E-state index is 12.1. The van der Waals surface area contributed by atoms with Gasteiger partial charge in [0.25, 0.3) is 5.91 Å². The van der Waals surface area contributed by atoms with E-state index in [9.17, 15) is 14.7 Å². The average molecular weight is 325 g/mol. The highest BCUT2D eigenvalue weighted by Gasteiger charge is 2.33. The summed E-state index contributed by atoms with van der Waals surface area (Å²) in [5, 5.41) is 18.7. The number of amides is 1. The number of carboxylic acid groups (broad SMARTS) is 1. The van der Waals surface area contributed by atoms with Gasteiger partial charge in [-0.25, -0.2) is 0 Å². The Morgan fingerprint density at radius 3 is 2.86 bits per heavy atom. The molecule has 0 unspecified atom stereocenters. The number of phenolic OH excluding ortho intramolecular Hbond substituents is 1. The van der Waals surface area contributed by atoms with Crippen LogP contribution in [0.5, 0.6) is 11.5 Å². The van der Waals surface area contributed by atoms with Gasteiger partial charge in [-0.2, -0.15) is 0 Å². The number of para-hydroxylation sites is 1. The van der Waals surface area contributed by atoms with Crippen LogP contribution >= 0.6 is 24.0 Å². The molecule has 8 heteroatoms. The molecule has 0 saturated carbocycles. The highest BCUT2D eigenvalue weighted by atomic mass is 32.2. The minimum absolute atomic E-state index is 0.0940. The van der Waals surface area contributed by atoms with Gasteiger partial charge >= 0.3 is 5.97 Å². The third-order valence-corrected chi connectivity index (χ3v) is 4.08. The third kappa shape index (κ3) is 3.17. The Morgan fingerprint density at radius 1 is 1.52 bits per heavy atom. The van der Waals surface area contributed by atoms with Crippen molar-refractivity contribution in [1.29, 1.82) is 0 Å². The molecule has 0 bridgehead atoms. The van der Waals surface area contributed by atoms with Gasteiger partial charge in [0.2, 0.25) is 0 Å². The second-order valence-corrected chi connectivity index (χ2v) is 5.74. The molecule has 0 aliphatic carbocycles. The Bertz CT molecular complexity index is 656. The molecule has 1 aliphatic heterocycles. The number of methoxy groups -OCH3 is 1. The van der Waals surface area contributed by atoms with Crippen molar-refractivity contribution in [2.45, 2.75) is 0 Å². The molecule has 1 amide bonds. The van der Waals surface area contributed by atoms with Gasteiger partial charge in [-0.1, -0.05) is 36.1 Å². The van der Waals surface area contributed by atoms with Gasteiger partial charge in [-0.15, -0.1) is 0 Å². The molecule has 1 aliphatic rings. The van der Waals surface area contributed by atoms with E-state index in [4.69, 9.17) is 22.1 Å². The van der Waals surface area contributed by atoms with Crippen molar-refractivity contribution < 1.29 is 24.5 Å². The topological polar surface area (TPSA) is 87.1 Å². The Hall–Kier alpha value is -2.06. The number of benzene rings is 1. The zero-order valence-corrected chi connectivity index (χ0v) is 12.5. The number of rotatable bonds is 4. The number of aliphatic carboxylic acids is 1. The fourth-order valence-corrected chi connectivity index (χ4v) is 2.98. The minimum atomic E-state index is -1.14. The van der Waals surface area contributed by atoms with E-state index in [1.807, 2.05) is 0 Å². The first-order valence-electron chi connectivity index (χ1n) is 5.77. The fourth-order valence-electron chi connectivity index (χ4n) is 1.73. The molecule has 1 aromatic carbocycles. The lowest BCUT2D eigenvalue weighted by Gasteiger charge is -2.10. The normalized spacial score (nSPS) is 16.6. The summed E-state index contributed by atoms with van der Waals surface area (Å²) in [6, 6.07) is 4.87. The zero-order valence-electron chi connectivity index (χ0n) is 10.9. The summed E-state index contributed by atoms with van der Waals surface area (Å²) in [5.41, 5.74) is 0.394. The number of ether oxygens (including phenoxy) is 1. The number of phenols is 1. The lowest BCUT2D eigenvalue weighted by molar-refractivity contribution is -0.140. The largest absolute Gasteiger partial charge is 0.504 e. The highest BCUT2D eigenvalue weighted by Crippen LogP contribution is 2.36. The molecule has 6 nitrogen and oxygen atoms in total. The van der Waals surface area contributed by atoms with Crippen molar-refractivity contribution in [2.75, 3.05) is 13.7 Å². The van der Waals surface area contributed by atoms with Gasteiger partial charge in [0.1, 0.15) is 10.9 Å². The van der Waals surface area contributed by atoms with Crippen molar-refractivity contribution in [3.63, 3.8) is 0 Å². The molecule has 0 aromatic heterocycles. The van der Waals surface area contributed by atoms with E-state index >= 15 is 0 Å². The summed E-state index contributed by atoms with van der Waals surface area (Å²) in [7, 11) is 1.42. The molecule has 0 spiro atoms. The summed E-state index contributed by atoms with van der Waals surface area (Å²) in [4.78, 5) is 24.1. The minimum Gasteiger partial charge on any atom is -0.504 e. The van der Waals surface area contributed by atoms with E-state index in [2.05, 4.69) is 0 Å². The van der Waals surface area contributed by atoms with E-state index < -0.39 is 18.4 Å². The van der Waals surface area contributed by atoms with Crippen molar-refractivity contribution in [3.8, 4) is 11.5 Å². The van der Waals surface area contributed by atoms with Crippen LogP contribution in [0.4, 0.5) is 0 Å². The quantitative estimate of drug-likeness (QED) is 0.643. The Kier molecular flexibility index (Phi) is 4.49. The number of aromatic hydroxyl groups is 1. The van der Waals surface area contributed by atoms with E-state index in [1.54, 1.807) is 18.2 Å².